The van der Waals surface area contributed by atoms with Gasteiger partial charge in [0.1, 0.15) is 9.88 Å². The number of nitrogens with zero attached hydrogens (tertiary/aromatic N) is 2. The first-order valence-electron chi connectivity index (χ1n) is 9.05. The maximum Gasteiger partial charge on any atom is 0.270 e. The molecule has 1 amide bonds. The number of hydrogen-bond acceptors (Lipinski definition) is 5. The molecule has 0 fully saturated rings. The van der Waals surface area contributed by atoms with Gasteiger partial charge in [-0.25, -0.2) is 4.98 Å². The highest BCUT2D eigenvalue weighted by molar-refractivity contribution is 7.17. The monoisotopic (exact) mass is 378 g/mol. The van der Waals surface area contributed by atoms with Crippen LogP contribution in [0.2, 0.25) is 0 Å². The fourth-order valence-electron chi connectivity index (χ4n) is 3.57. The molecule has 0 saturated carbocycles. The number of rotatable bonds is 2. The Labute approximate surface area is 161 Å². The summed E-state index contributed by atoms with van der Waals surface area (Å²) in [5, 5.41) is 0.805. The SMILES string of the molecule is O=C(c1cnc(-c2ccc3c(c2)OCO3)s1)N1CCCCc2ccccc21. The van der Waals surface area contributed by atoms with E-state index in [2.05, 4.69) is 11.1 Å². The zero-order valence-corrected chi connectivity index (χ0v) is 15.5. The highest BCUT2D eigenvalue weighted by atomic mass is 32.1. The van der Waals surface area contributed by atoms with Crippen LogP contribution in [-0.2, 0) is 6.42 Å². The molecule has 136 valence electrons. The van der Waals surface area contributed by atoms with Gasteiger partial charge in [-0.1, -0.05) is 18.2 Å². The number of carbonyl (C=O) groups is 1. The van der Waals surface area contributed by atoms with Gasteiger partial charge >= 0.3 is 0 Å². The lowest BCUT2D eigenvalue weighted by molar-refractivity contribution is 0.0990. The van der Waals surface area contributed by atoms with Gasteiger partial charge in [-0.3, -0.25) is 4.79 Å². The first kappa shape index (κ1) is 16.3. The van der Waals surface area contributed by atoms with E-state index >= 15 is 0 Å². The first-order valence-corrected chi connectivity index (χ1v) is 9.87. The van der Waals surface area contributed by atoms with Gasteiger partial charge in [0.15, 0.2) is 11.5 Å². The Balaban J connectivity index is 1.45. The van der Waals surface area contributed by atoms with Gasteiger partial charge in [0, 0.05) is 17.8 Å². The van der Waals surface area contributed by atoms with Gasteiger partial charge in [0.25, 0.3) is 5.91 Å². The summed E-state index contributed by atoms with van der Waals surface area (Å²) in [5.41, 5.74) is 3.20. The number of anilines is 1. The minimum Gasteiger partial charge on any atom is -0.454 e. The van der Waals surface area contributed by atoms with Gasteiger partial charge in [0.05, 0.1) is 6.20 Å². The van der Waals surface area contributed by atoms with Crippen molar-refractivity contribution in [2.24, 2.45) is 0 Å². The van der Waals surface area contributed by atoms with Crippen LogP contribution in [0.15, 0.2) is 48.7 Å². The van der Waals surface area contributed by atoms with Crippen molar-refractivity contribution in [3.63, 3.8) is 0 Å². The third-order valence-corrected chi connectivity index (χ3v) is 5.98. The summed E-state index contributed by atoms with van der Waals surface area (Å²) in [7, 11) is 0. The molecule has 0 N–H and O–H groups in total. The molecule has 0 radical (unpaired) electrons. The number of ether oxygens (including phenoxy) is 2. The Morgan fingerprint density at radius 2 is 1.96 bits per heavy atom. The second-order valence-electron chi connectivity index (χ2n) is 6.64. The van der Waals surface area contributed by atoms with Gasteiger partial charge in [0.2, 0.25) is 6.79 Å². The van der Waals surface area contributed by atoms with Crippen LogP contribution in [0.25, 0.3) is 10.6 Å². The van der Waals surface area contributed by atoms with Crippen LogP contribution in [0.5, 0.6) is 11.5 Å². The Morgan fingerprint density at radius 1 is 1.07 bits per heavy atom. The predicted octanol–water partition coefficient (Wildman–Crippen LogP) is 4.52. The molecular formula is C21H18N2O3S. The van der Waals surface area contributed by atoms with Crippen molar-refractivity contribution in [3.8, 4) is 22.1 Å². The highest BCUT2D eigenvalue weighted by Crippen LogP contribution is 2.37. The zero-order chi connectivity index (χ0) is 18.2. The largest absolute Gasteiger partial charge is 0.454 e. The Hall–Kier alpha value is -2.86. The van der Waals surface area contributed by atoms with Gasteiger partial charge in [-0.05, 0) is 49.1 Å². The van der Waals surface area contributed by atoms with Crippen molar-refractivity contribution in [2.45, 2.75) is 19.3 Å². The standard InChI is InChI=1S/C21H18N2O3S/c24-21(23-10-4-3-6-14-5-1-2-7-16(14)23)19-12-22-20(27-19)15-8-9-17-18(11-15)26-13-25-17/h1-2,5,7-9,11-12H,3-4,6,10,13H2. The van der Waals surface area contributed by atoms with E-state index in [1.807, 2.05) is 41.3 Å². The second-order valence-corrected chi connectivity index (χ2v) is 7.67. The molecule has 0 bridgehead atoms. The number of thiazole rings is 1. The number of fused-ring (bicyclic) bond motifs is 2. The van der Waals surface area contributed by atoms with E-state index in [-0.39, 0.29) is 12.7 Å². The Kier molecular flexibility index (Phi) is 4.05. The number of hydrogen-bond donors (Lipinski definition) is 0. The summed E-state index contributed by atoms with van der Waals surface area (Å²) in [4.78, 5) is 20.2. The van der Waals surface area contributed by atoms with Gasteiger partial charge < -0.3 is 14.4 Å². The lowest BCUT2D eigenvalue weighted by atomic mass is 10.1. The van der Waals surface area contributed by atoms with Crippen LogP contribution in [0, 0.1) is 0 Å². The maximum atomic E-state index is 13.2. The molecule has 3 aromatic rings. The summed E-state index contributed by atoms with van der Waals surface area (Å²) >= 11 is 1.42. The summed E-state index contributed by atoms with van der Waals surface area (Å²) < 4.78 is 10.8. The molecule has 6 heteroatoms. The van der Waals surface area contributed by atoms with Crippen LogP contribution < -0.4 is 14.4 Å². The van der Waals surface area contributed by atoms with E-state index in [1.54, 1.807) is 6.20 Å². The number of aryl methyl sites for hydroxylation is 1. The highest BCUT2D eigenvalue weighted by Gasteiger charge is 2.24. The van der Waals surface area contributed by atoms with Crippen LogP contribution in [0.4, 0.5) is 5.69 Å². The molecule has 0 saturated heterocycles. The normalized spacial score (nSPS) is 15.3. The smallest absolute Gasteiger partial charge is 0.270 e. The first-order chi connectivity index (χ1) is 13.3. The fourth-order valence-corrected chi connectivity index (χ4v) is 4.43. The van der Waals surface area contributed by atoms with Crippen molar-refractivity contribution >= 4 is 22.9 Å². The number of aromatic nitrogens is 1. The van der Waals surface area contributed by atoms with E-state index < -0.39 is 0 Å². The number of carbonyl (C=O) groups excluding carboxylic acids is 1. The van der Waals surface area contributed by atoms with Crippen molar-refractivity contribution in [2.75, 3.05) is 18.2 Å². The van der Waals surface area contributed by atoms with Crippen molar-refractivity contribution < 1.29 is 14.3 Å². The van der Waals surface area contributed by atoms with E-state index in [1.165, 1.54) is 16.9 Å². The predicted molar refractivity (Wildman–Crippen MR) is 105 cm³/mol. The molecule has 2 aliphatic rings. The molecule has 1 aromatic heterocycles. The minimum atomic E-state index is 0.0221. The van der Waals surface area contributed by atoms with Crippen LogP contribution in [0.3, 0.4) is 0 Å². The van der Waals surface area contributed by atoms with E-state index in [0.717, 1.165) is 53.6 Å². The lowest BCUT2D eigenvalue weighted by Gasteiger charge is -2.22. The third-order valence-electron chi connectivity index (χ3n) is 4.94. The van der Waals surface area contributed by atoms with Crippen LogP contribution in [-0.4, -0.2) is 24.2 Å². The van der Waals surface area contributed by atoms with E-state index in [0.29, 0.717) is 4.88 Å². The average molecular weight is 378 g/mol. The van der Waals surface area contributed by atoms with E-state index in [4.69, 9.17) is 9.47 Å². The molecule has 0 spiro atoms. The molecule has 27 heavy (non-hydrogen) atoms. The molecule has 2 aliphatic heterocycles. The van der Waals surface area contributed by atoms with Crippen LogP contribution >= 0.6 is 11.3 Å². The number of benzene rings is 2. The molecule has 3 heterocycles. The second kappa shape index (κ2) is 6.70. The lowest BCUT2D eigenvalue weighted by Crippen LogP contribution is -2.31. The summed E-state index contributed by atoms with van der Waals surface area (Å²) in [6.45, 7) is 0.988. The third kappa shape index (κ3) is 2.96. The van der Waals surface area contributed by atoms with Gasteiger partial charge in [-0.2, -0.15) is 0 Å². The quantitative estimate of drug-likeness (QED) is 0.658. The van der Waals surface area contributed by atoms with Gasteiger partial charge in [-0.15, -0.1) is 11.3 Å². The molecule has 0 atom stereocenters. The molecule has 0 unspecified atom stereocenters. The molecule has 5 nitrogen and oxygen atoms in total. The Bertz CT molecular complexity index is 1010. The summed E-state index contributed by atoms with van der Waals surface area (Å²) in [6.07, 6.45) is 4.81. The number of para-hydroxylation sites is 1. The molecule has 5 rings (SSSR count). The van der Waals surface area contributed by atoms with Crippen molar-refractivity contribution in [1.82, 2.24) is 4.98 Å². The van der Waals surface area contributed by atoms with Crippen LogP contribution in [0.1, 0.15) is 28.1 Å². The van der Waals surface area contributed by atoms with Crippen molar-refractivity contribution in [3.05, 3.63) is 59.1 Å². The maximum absolute atomic E-state index is 13.2. The molecular weight excluding hydrogens is 360 g/mol. The Morgan fingerprint density at radius 3 is 2.93 bits per heavy atom. The van der Waals surface area contributed by atoms with E-state index in [9.17, 15) is 4.79 Å². The topological polar surface area (TPSA) is 51.7 Å². The summed E-state index contributed by atoms with van der Waals surface area (Å²) in [6, 6.07) is 13.9. The molecule has 0 aliphatic carbocycles. The number of amides is 1. The molecule has 2 aromatic carbocycles. The average Bonchev–Trinajstić information content (AvgIpc) is 3.32. The minimum absolute atomic E-state index is 0.0221. The summed E-state index contributed by atoms with van der Waals surface area (Å²) in [5.74, 6) is 1.48. The van der Waals surface area contributed by atoms with Crippen molar-refractivity contribution in [1.29, 1.82) is 0 Å². The zero-order valence-electron chi connectivity index (χ0n) is 14.7. The fraction of sp³-hybridized carbons (Fsp3) is 0.238.